The number of likely N-dealkylation sites (N-methyl/N-ethyl adjacent to an activating group) is 1. The predicted molar refractivity (Wildman–Crippen MR) is 118 cm³/mol. The number of anilines is 3. The Hall–Kier alpha value is -3.06. The average molecular weight is 409 g/mol. The molecule has 2 aliphatic rings. The summed E-state index contributed by atoms with van der Waals surface area (Å²) in [5, 5.41) is 2.97. The van der Waals surface area contributed by atoms with Crippen LogP contribution >= 0.6 is 0 Å². The van der Waals surface area contributed by atoms with E-state index < -0.39 is 0 Å². The van der Waals surface area contributed by atoms with Crippen molar-refractivity contribution in [2.24, 2.45) is 5.92 Å². The number of nitrogens with one attached hydrogen (secondary N) is 1. The molecule has 0 spiro atoms. The molecule has 2 heterocycles. The Kier molecular flexibility index (Phi) is 5.90. The second-order valence-corrected chi connectivity index (χ2v) is 7.93. The SMILES string of the molecule is COc1cccc(N2CC(C(=O)Nc3ccc(N4CCN(C)CC4)cc3)CC2=O)c1. The van der Waals surface area contributed by atoms with Gasteiger partial charge in [-0.1, -0.05) is 6.07 Å². The standard InChI is InChI=1S/C23H28N4O3/c1-25-10-12-26(13-11-25)19-8-6-18(7-9-19)24-23(29)17-14-22(28)27(16-17)20-4-3-5-21(15-20)30-2/h3-9,15,17H,10-14,16H2,1-2H3,(H,24,29). The van der Waals surface area contributed by atoms with Gasteiger partial charge in [0.1, 0.15) is 5.75 Å². The first-order valence-electron chi connectivity index (χ1n) is 10.3. The molecule has 2 aromatic carbocycles. The van der Waals surface area contributed by atoms with E-state index in [0.29, 0.717) is 12.3 Å². The van der Waals surface area contributed by atoms with Crippen LogP contribution in [0.25, 0.3) is 0 Å². The fraction of sp³-hybridized carbons (Fsp3) is 0.391. The van der Waals surface area contributed by atoms with Gasteiger partial charge in [-0.3, -0.25) is 9.59 Å². The number of amides is 2. The van der Waals surface area contributed by atoms with Crippen molar-refractivity contribution < 1.29 is 14.3 Å². The van der Waals surface area contributed by atoms with Crippen molar-refractivity contribution in [2.45, 2.75) is 6.42 Å². The number of ether oxygens (including phenoxy) is 1. The van der Waals surface area contributed by atoms with Crippen LogP contribution in [-0.4, -0.2) is 63.6 Å². The van der Waals surface area contributed by atoms with Crippen LogP contribution in [0, 0.1) is 5.92 Å². The van der Waals surface area contributed by atoms with Crippen molar-refractivity contribution in [2.75, 3.05) is 62.0 Å². The number of carbonyl (C=O) groups is 2. The van der Waals surface area contributed by atoms with Crippen molar-refractivity contribution >= 4 is 28.9 Å². The molecular formula is C23H28N4O3. The summed E-state index contributed by atoms with van der Waals surface area (Å²) in [5.74, 6) is 0.143. The van der Waals surface area contributed by atoms with Crippen molar-refractivity contribution in [1.82, 2.24) is 4.90 Å². The van der Waals surface area contributed by atoms with Gasteiger partial charge in [0, 0.05) is 62.3 Å². The van der Waals surface area contributed by atoms with E-state index in [2.05, 4.69) is 22.2 Å². The van der Waals surface area contributed by atoms with E-state index in [1.807, 2.05) is 48.5 Å². The third-order valence-corrected chi connectivity index (χ3v) is 5.86. The number of hydrogen-bond acceptors (Lipinski definition) is 5. The van der Waals surface area contributed by atoms with E-state index in [1.165, 1.54) is 5.69 Å². The van der Waals surface area contributed by atoms with Gasteiger partial charge in [-0.25, -0.2) is 0 Å². The van der Waals surface area contributed by atoms with Gasteiger partial charge in [0.25, 0.3) is 0 Å². The molecule has 1 unspecified atom stereocenters. The highest BCUT2D eigenvalue weighted by Crippen LogP contribution is 2.29. The van der Waals surface area contributed by atoms with Crippen molar-refractivity contribution in [1.29, 1.82) is 0 Å². The number of nitrogens with zero attached hydrogens (tertiary/aromatic N) is 3. The molecule has 30 heavy (non-hydrogen) atoms. The number of carbonyl (C=O) groups excluding carboxylic acids is 2. The highest BCUT2D eigenvalue weighted by Gasteiger charge is 2.35. The first kappa shape index (κ1) is 20.2. The zero-order valence-electron chi connectivity index (χ0n) is 17.5. The fourth-order valence-electron chi connectivity index (χ4n) is 3.98. The quantitative estimate of drug-likeness (QED) is 0.823. The molecule has 0 saturated carbocycles. The highest BCUT2D eigenvalue weighted by atomic mass is 16.5. The van der Waals surface area contributed by atoms with E-state index in [0.717, 1.165) is 37.6 Å². The summed E-state index contributed by atoms with van der Waals surface area (Å²) in [7, 11) is 3.73. The molecule has 2 amide bonds. The van der Waals surface area contributed by atoms with Crippen LogP contribution < -0.4 is 19.9 Å². The summed E-state index contributed by atoms with van der Waals surface area (Å²) in [4.78, 5) is 31.6. The third-order valence-electron chi connectivity index (χ3n) is 5.86. The second-order valence-electron chi connectivity index (χ2n) is 7.93. The molecule has 2 fully saturated rings. The topological polar surface area (TPSA) is 65.1 Å². The van der Waals surface area contributed by atoms with Gasteiger partial charge < -0.3 is 24.8 Å². The van der Waals surface area contributed by atoms with Gasteiger partial charge in [0.05, 0.1) is 13.0 Å². The predicted octanol–water partition coefficient (Wildman–Crippen LogP) is 2.44. The molecule has 0 bridgehead atoms. The zero-order valence-corrected chi connectivity index (χ0v) is 17.5. The third kappa shape index (κ3) is 4.41. The largest absolute Gasteiger partial charge is 0.497 e. The lowest BCUT2D eigenvalue weighted by atomic mass is 10.1. The molecule has 7 nitrogen and oxygen atoms in total. The minimum absolute atomic E-state index is 0.0474. The molecule has 4 rings (SSSR count). The van der Waals surface area contributed by atoms with Crippen LogP contribution in [0.3, 0.4) is 0 Å². The number of benzene rings is 2. The molecule has 0 aliphatic carbocycles. The lowest BCUT2D eigenvalue weighted by Crippen LogP contribution is -2.44. The molecule has 2 aliphatic heterocycles. The van der Waals surface area contributed by atoms with E-state index in [4.69, 9.17) is 4.74 Å². The average Bonchev–Trinajstić information content (AvgIpc) is 3.17. The summed E-state index contributed by atoms with van der Waals surface area (Å²) in [6, 6.07) is 15.3. The van der Waals surface area contributed by atoms with Crippen LogP contribution in [0.5, 0.6) is 5.75 Å². The van der Waals surface area contributed by atoms with Crippen LogP contribution in [-0.2, 0) is 9.59 Å². The Labute approximate surface area is 177 Å². The monoisotopic (exact) mass is 408 g/mol. The lowest BCUT2D eigenvalue weighted by molar-refractivity contribution is -0.122. The van der Waals surface area contributed by atoms with Crippen LogP contribution in [0.4, 0.5) is 17.1 Å². The van der Waals surface area contributed by atoms with E-state index >= 15 is 0 Å². The first-order chi connectivity index (χ1) is 14.5. The summed E-state index contributed by atoms with van der Waals surface area (Å²) >= 11 is 0. The fourth-order valence-corrected chi connectivity index (χ4v) is 3.98. The molecule has 1 atom stereocenters. The zero-order chi connectivity index (χ0) is 21.1. The van der Waals surface area contributed by atoms with E-state index in [-0.39, 0.29) is 24.2 Å². The molecule has 0 aromatic heterocycles. The second kappa shape index (κ2) is 8.75. The Balaban J connectivity index is 1.36. The molecule has 1 N–H and O–H groups in total. The smallest absolute Gasteiger partial charge is 0.229 e. The van der Waals surface area contributed by atoms with Gasteiger partial charge in [0.2, 0.25) is 11.8 Å². The van der Waals surface area contributed by atoms with Gasteiger partial charge in [-0.05, 0) is 43.4 Å². The summed E-state index contributed by atoms with van der Waals surface area (Å²) < 4.78 is 5.24. The maximum Gasteiger partial charge on any atom is 0.229 e. The molecule has 0 radical (unpaired) electrons. The number of hydrogen-bond donors (Lipinski definition) is 1. The Morgan fingerprint density at radius 3 is 2.47 bits per heavy atom. The van der Waals surface area contributed by atoms with Crippen LogP contribution in [0.1, 0.15) is 6.42 Å². The molecule has 7 heteroatoms. The molecule has 158 valence electrons. The number of methoxy groups -OCH3 is 1. The van der Waals surface area contributed by atoms with Crippen LogP contribution in [0.15, 0.2) is 48.5 Å². The summed E-state index contributed by atoms with van der Waals surface area (Å²) in [6.07, 6.45) is 0.211. The summed E-state index contributed by atoms with van der Waals surface area (Å²) in [5.41, 5.74) is 2.68. The number of rotatable bonds is 5. The lowest BCUT2D eigenvalue weighted by Gasteiger charge is -2.34. The van der Waals surface area contributed by atoms with Crippen LogP contribution in [0.2, 0.25) is 0 Å². The maximum absolute atomic E-state index is 12.8. The van der Waals surface area contributed by atoms with Crippen molar-refractivity contribution in [3.63, 3.8) is 0 Å². The molecule has 2 aromatic rings. The highest BCUT2D eigenvalue weighted by molar-refractivity contribution is 6.03. The number of piperazine rings is 1. The summed E-state index contributed by atoms with van der Waals surface area (Å²) in [6.45, 7) is 4.49. The minimum atomic E-state index is -0.374. The molecular weight excluding hydrogens is 380 g/mol. The Morgan fingerprint density at radius 1 is 1.03 bits per heavy atom. The maximum atomic E-state index is 12.8. The van der Waals surface area contributed by atoms with E-state index in [1.54, 1.807) is 12.0 Å². The van der Waals surface area contributed by atoms with Gasteiger partial charge >= 0.3 is 0 Å². The van der Waals surface area contributed by atoms with Gasteiger partial charge in [-0.2, -0.15) is 0 Å². The van der Waals surface area contributed by atoms with E-state index in [9.17, 15) is 9.59 Å². The normalized spacial score (nSPS) is 19.8. The van der Waals surface area contributed by atoms with Crippen molar-refractivity contribution in [3.8, 4) is 5.75 Å². The Morgan fingerprint density at radius 2 is 1.77 bits per heavy atom. The Bertz CT molecular complexity index is 907. The van der Waals surface area contributed by atoms with Gasteiger partial charge in [0.15, 0.2) is 0 Å². The van der Waals surface area contributed by atoms with Gasteiger partial charge in [-0.15, -0.1) is 0 Å². The van der Waals surface area contributed by atoms with Crippen molar-refractivity contribution in [3.05, 3.63) is 48.5 Å². The molecule has 2 saturated heterocycles. The first-order valence-corrected chi connectivity index (χ1v) is 10.3. The minimum Gasteiger partial charge on any atom is -0.497 e.